The maximum Gasteiger partial charge on any atom is 0.0790 e. The summed E-state index contributed by atoms with van der Waals surface area (Å²) in [6.07, 6.45) is 5.48. The zero-order valence-electron chi connectivity index (χ0n) is 7.96. The van der Waals surface area contributed by atoms with E-state index in [1.165, 1.54) is 35.0 Å². The molecule has 0 aromatic carbocycles. The van der Waals surface area contributed by atoms with Crippen molar-refractivity contribution in [1.82, 2.24) is 5.48 Å². The second kappa shape index (κ2) is 5.26. The predicted octanol–water partition coefficient (Wildman–Crippen LogP) is 3.47. The first-order chi connectivity index (χ1) is 6.86. The molecule has 1 saturated carbocycles. The van der Waals surface area contributed by atoms with Gasteiger partial charge in [-0.3, -0.25) is 4.84 Å². The van der Waals surface area contributed by atoms with Crippen molar-refractivity contribution in [3.05, 3.63) is 20.8 Å². The summed E-state index contributed by atoms with van der Waals surface area (Å²) >= 11 is 5.24. The summed E-state index contributed by atoms with van der Waals surface area (Å²) in [7, 11) is 0. The molecule has 1 N–H and O–H groups in total. The fourth-order valence-corrected chi connectivity index (χ4v) is 3.10. The van der Waals surface area contributed by atoms with Gasteiger partial charge in [-0.05, 0) is 40.2 Å². The van der Waals surface area contributed by atoms with E-state index in [-0.39, 0.29) is 0 Å². The zero-order valence-corrected chi connectivity index (χ0v) is 10.4. The van der Waals surface area contributed by atoms with E-state index in [1.54, 1.807) is 11.3 Å². The molecule has 1 aromatic heterocycles. The molecule has 1 aliphatic rings. The highest BCUT2D eigenvalue weighted by atomic mass is 79.9. The second-order valence-corrected chi connectivity index (χ2v) is 5.39. The first-order valence-electron chi connectivity index (χ1n) is 4.96. The number of rotatable bonds is 4. The van der Waals surface area contributed by atoms with E-state index in [1.807, 2.05) is 0 Å². The molecule has 0 bridgehead atoms. The topological polar surface area (TPSA) is 21.3 Å². The Balaban J connectivity index is 1.70. The van der Waals surface area contributed by atoms with Crippen LogP contribution in [-0.4, -0.2) is 6.10 Å². The first-order valence-corrected chi connectivity index (χ1v) is 6.64. The highest BCUT2D eigenvalue weighted by Crippen LogP contribution is 2.23. The van der Waals surface area contributed by atoms with Crippen molar-refractivity contribution in [3.63, 3.8) is 0 Å². The molecule has 78 valence electrons. The average Bonchev–Trinajstić information content (AvgIpc) is 2.78. The summed E-state index contributed by atoms with van der Waals surface area (Å²) in [6.45, 7) is 0.800. The van der Waals surface area contributed by atoms with Crippen molar-refractivity contribution >= 4 is 27.3 Å². The molecule has 0 radical (unpaired) electrons. The third kappa shape index (κ3) is 2.79. The van der Waals surface area contributed by atoms with E-state index in [2.05, 4.69) is 32.9 Å². The zero-order chi connectivity index (χ0) is 9.80. The first kappa shape index (κ1) is 10.6. The third-order valence-corrected chi connectivity index (χ3v) is 4.40. The average molecular weight is 276 g/mol. The highest BCUT2D eigenvalue weighted by Gasteiger charge is 2.15. The fraction of sp³-hybridized carbons (Fsp3) is 0.600. The van der Waals surface area contributed by atoms with E-state index in [0.29, 0.717) is 6.10 Å². The van der Waals surface area contributed by atoms with Gasteiger partial charge in [-0.2, -0.15) is 5.48 Å². The largest absolute Gasteiger partial charge is 0.298 e. The number of nitrogens with one attached hydrogen (secondary N) is 1. The Morgan fingerprint density at radius 2 is 2.29 bits per heavy atom. The van der Waals surface area contributed by atoms with Gasteiger partial charge in [0.05, 0.1) is 12.6 Å². The molecule has 0 saturated heterocycles. The van der Waals surface area contributed by atoms with Crippen LogP contribution in [0.5, 0.6) is 0 Å². The molecule has 1 fully saturated rings. The van der Waals surface area contributed by atoms with Gasteiger partial charge in [-0.1, -0.05) is 12.8 Å². The minimum Gasteiger partial charge on any atom is -0.298 e. The van der Waals surface area contributed by atoms with Crippen molar-refractivity contribution in [3.8, 4) is 0 Å². The third-order valence-electron chi connectivity index (χ3n) is 2.48. The Morgan fingerprint density at radius 3 is 2.93 bits per heavy atom. The smallest absolute Gasteiger partial charge is 0.0790 e. The van der Waals surface area contributed by atoms with Crippen LogP contribution in [-0.2, 0) is 11.4 Å². The maximum atomic E-state index is 5.57. The van der Waals surface area contributed by atoms with Crippen LogP contribution in [0.4, 0.5) is 0 Å². The van der Waals surface area contributed by atoms with Gasteiger partial charge in [0.1, 0.15) is 0 Å². The molecule has 0 spiro atoms. The van der Waals surface area contributed by atoms with Gasteiger partial charge in [-0.25, -0.2) is 0 Å². The summed E-state index contributed by atoms with van der Waals surface area (Å²) < 4.78 is 1.17. The number of hydrogen-bond donors (Lipinski definition) is 1. The van der Waals surface area contributed by atoms with Crippen molar-refractivity contribution in [2.75, 3.05) is 0 Å². The van der Waals surface area contributed by atoms with Crippen LogP contribution in [0.15, 0.2) is 15.9 Å². The lowest BCUT2D eigenvalue weighted by molar-refractivity contribution is -0.0240. The lowest BCUT2D eigenvalue weighted by atomic mass is 10.3. The molecule has 4 heteroatoms. The van der Waals surface area contributed by atoms with E-state index in [9.17, 15) is 0 Å². The van der Waals surface area contributed by atoms with Crippen LogP contribution in [0.25, 0.3) is 0 Å². The van der Waals surface area contributed by atoms with Gasteiger partial charge in [0.25, 0.3) is 0 Å². The molecule has 2 nitrogen and oxygen atoms in total. The van der Waals surface area contributed by atoms with Crippen LogP contribution in [0.3, 0.4) is 0 Å². The molecule has 1 aliphatic carbocycles. The van der Waals surface area contributed by atoms with Crippen LogP contribution >= 0.6 is 27.3 Å². The lowest BCUT2D eigenvalue weighted by Crippen LogP contribution is -2.20. The Labute approximate surface area is 96.7 Å². The van der Waals surface area contributed by atoms with Crippen LogP contribution in [0, 0.1) is 0 Å². The Kier molecular flexibility index (Phi) is 3.99. The lowest BCUT2D eigenvalue weighted by Gasteiger charge is -2.10. The summed E-state index contributed by atoms with van der Waals surface area (Å²) in [5.41, 5.74) is 3.05. The molecule has 14 heavy (non-hydrogen) atoms. The predicted molar refractivity (Wildman–Crippen MR) is 62.2 cm³/mol. The normalized spacial score (nSPS) is 17.8. The Morgan fingerprint density at radius 1 is 1.50 bits per heavy atom. The summed E-state index contributed by atoms with van der Waals surface area (Å²) in [5, 5.41) is 2.08. The molecule has 1 aromatic rings. The molecule has 0 atom stereocenters. The number of halogens is 1. The minimum atomic E-state index is 0.439. The summed E-state index contributed by atoms with van der Waals surface area (Å²) in [6, 6.07) is 2.07. The summed E-state index contributed by atoms with van der Waals surface area (Å²) in [4.78, 5) is 6.86. The molecule has 0 aliphatic heterocycles. The minimum absolute atomic E-state index is 0.439. The van der Waals surface area contributed by atoms with E-state index in [4.69, 9.17) is 4.84 Å². The number of thiophene rings is 1. The standard InChI is InChI=1S/C10H14BrNOS/c11-9-5-6-14-10(9)7-12-13-8-3-1-2-4-8/h5-6,8,12H,1-4,7H2. The highest BCUT2D eigenvalue weighted by molar-refractivity contribution is 9.10. The van der Waals surface area contributed by atoms with E-state index >= 15 is 0 Å². The van der Waals surface area contributed by atoms with Gasteiger partial charge < -0.3 is 0 Å². The number of hydroxylamine groups is 1. The van der Waals surface area contributed by atoms with Gasteiger partial charge in [-0.15, -0.1) is 11.3 Å². The van der Waals surface area contributed by atoms with Crippen molar-refractivity contribution in [1.29, 1.82) is 0 Å². The van der Waals surface area contributed by atoms with Gasteiger partial charge >= 0.3 is 0 Å². The molecule has 0 amide bonds. The van der Waals surface area contributed by atoms with E-state index < -0.39 is 0 Å². The van der Waals surface area contributed by atoms with Gasteiger partial charge in [0.15, 0.2) is 0 Å². The molecule has 0 unspecified atom stereocenters. The molecular weight excluding hydrogens is 262 g/mol. The quantitative estimate of drug-likeness (QED) is 0.850. The van der Waals surface area contributed by atoms with E-state index in [0.717, 1.165) is 6.54 Å². The Bertz CT molecular complexity index is 283. The molecule has 2 rings (SSSR count). The number of hydrogen-bond acceptors (Lipinski definition) is 3. The van der Waals surface area contributed by atoms with Crippen LogP contribution in [0.1, 0.15) is 30.6 Å². The van der Waals surface area contributed by atoms with Crippen molar-refractivity contribution in [2.45, 2.75) is 38.3 Å². The monoisotopic (exact) mass is 275 g/mol. The molecular formula is C10H14BrNOS. The van der Waals surface area contributed by atoms with Gasteiger partial charge in [0.2, 0.25) is 0 Å². The summed E-state index contributed by atoms with van der Waals surface area (Å²) in [5.74, 6) is 0. The maximum absolute atomic E-state index is 5.57. The van der Waals surface area contributed by atoms with Crippen molar-refractivity contribution < 1.29 is 4.84 Å². The SMILES string of the molecule is Brc1ccsc1CNOC1CCCC1. The van der Waals surface area contributed by atoms with Crippen LogP contribution < -0.4 is 5.48 Å². The van der Waals surface area contributed by atoms with Crippen molar-refractivity contribution in [2.24, 2.45) is 0 Å². The fourth-order valence-electron chi connectivity index (χ4n) is 1.68. The Hall–Kier alpha value is 0.1000. The second-order valence-electron chi connectivity index (χ2n) is 3.54. The van der Waals surface area contributed by atoms with Crippen LogP contribution in [0.2, 0.25) is 0 Å². The van der Waals surface area contributed by atoms with Gasteiger partial charge in [0, 0.05) is 9.35 Å². The molecule has 1 heterocycles.